The van der Waals surface area contributed by atoms with Crippen molar-refractivity contribution >= 4 is 17.8 Å². The predicted molar refractivity (Wildman–Crippen MR) is 61.1 cm³/mol. The fourth-order valence-electron chi connectivity index (χ4n) is 1.32. The number of benzene rings is 1. The van der Waals surface area contributed by atoms with Crippen molar-refractivity contribution in [2.45, 2.75) is 6.42 Å². The lowest BCUT2D eigenvalue weighted by Gasteiger charge is -2.11. The molecule has 0 unspecified atom stereocenters. The normalized spacial score (nSPS) is 9.88. The number of para-hydroxylation sites is 1. The molecule has 16 heavy (non-hydrogen) atoms. The Kier molecular flexibility index (Phi) is 5.28. The molecule has 0 aliphatic heterocycles. The molecule has 5 heteroatoms. The van der Waals surface area contributed by atoms with Crippen molar-refractivity contribution < 1.29 is 13.9 Å². The Bertz CT molecular complexity index is 345. The van der Waals surface area contributed by atoms with Gasteiger partial charge in [0.2, 0.25) is 6.41 Å². The molecule has 0 heterocycles. The molecule has 0 saturated carbocycles. The lowest BCUT2D eigenvalue weighted by Crippen LogP contribution is -2.08. The summed E-state index contributed by atoms with van der Waals surface area (Å²) in [6.07, 6.45) is 1.27. The number of carbonyl (C=O) groups excluding carboxylic acids is 1. The number of nitrogens with one attached hydrogen (secondary N) is 2. The van der Waals surface area contributed by atoms with Gasteiger partial charge in [0.15, 0.2) is 0 Å². The van der Waals surface area contributed by atoms with Gasteiger partial charge in [-0.15, -0.1) is 0 Å². The lowest BCUT2D eigenvalue weighted by molar-refractivity contribution is -0.105. The fraction of sp³-hybridized carbons (Fsp3) is 0.364. The summed E-state index contributed by atoms with van der Waals surface area (Å²) in [4.78, 5) is 10.3. The van der Waals surface area contributed by atoms with E-state index < -0.39 is 5.82 Å². The molecule has 1 aromatic rings. The first-order valence-electron chi connectivity index (χ1n) is 5.01. The van der Waals surface area contributed by atoms with Crippen LogP contribution in [-0.2, 0) is 9.53 Å². The predicted octanol–water partition coefficient (Wildman–Crippen LogP) is 1.84. The highest BCUT2D eigenvalue weighted by molar-refractivity contribution is 5.81. The molecule has 0 aromatic heterocycles. The number of anilines is 2. The Morgan fingerprint density at radius 2 is 2.31 bits per heavy atom. The van der Waals surface area contributed by atoms with Crippen LogP contribution < -0.4 is 10.6 Å². The van der Waals surface area contributed by atoms with Crippen LogP contribution in [0.3, 0.4) is 0 Å². The zero-order valence-electron chi connectivity index (χ0n) is 9.13. The largest absolute Gasteiger partial charge is 0.385 e. The molecule has 0 radical (unpaired) electrons. The van der Waals surface area contributed by atoms with Gasteiger partial charge in [0.1, 0.15) is 11.5 Å². The summed E-state index contributed by atoms with van der Waals surface area (Å²) in [5.41, 5.74) is 0.748. The summed E-state index contributed by atoms with van der Waals surface area (Å²) in [5, 5.41) is 5.37. The Labute approximate surface area is 93.8 Å². The molecular formula is C11H15FN2O2. The summed E-state index contributed by atoms with van der Waals surface area (Å²) in [7, 11) is 1.63. The van der Waals surface area contributed by atoms with E-state index in [0.717, 1.165) is 6.42 Å². The van der Waals surface area contributed by atoms with E-state index in [0.29, 0.717) is 25.2 Å². The molecule has 0 aliphatic carbocycles. The van der Waals surface area contributed by atoms with Crippen molar-refractivity contribution in [2.24, 2.45) is 0 Å². The van der Waals surface area contributed by atoms with Crippen LogP contribution in [0.4, 0.5) is 15.8 Å². The van der Waals surface area contributed by atoms with Crippen molar-refractivity contribution in [1.82, 2.24) is 0 Å². The number of methoxy groups -OCH3 is 1. The second-order valence-electron chi connectivity index (χ2n) is 3.20. The number of amides is 1. The molecule has 88 valence electrons. The first kappa shape index (κ1) is 12.4. The fourth-order valence-corrected chi connectivity index (χ4v) is 1.32. The number of ether oxygens (including phenoxy) is 1. The maximum absolute atomic E-state index is 13.3. The van der Waals surface area contributed by atoms with Gasteiger partial charge in [-0.25, -0.2) is 4.39 Å². The molecule has 0 aliphatic rings. The quantitative estimate of drug-likeness (QED) is 0.551. The highest BCUT2D eigenvalue weighted by Gasteiger charge is 2.06. The summed E-state index contributed by atoms with van der Waals surface area (Å²) >= 11 is 0. The first-order valence-corrected chi connectivity index (χ1v) is 5.01. The zero-order valence-corrected chi connectivity index (χ0v) is 9.13. The van der Waals surface area contributed by atoms with Gasteiger partial charge < -0.3 is 15.4 Å². The molecule has 1 amide bonds. The monoisotopic (exact) mass is 226 g/mol. The van der Waals surface area contributed by atoms with Gasteiger partial charge in [-0.1, -0.05) is 6.07 Å². The smallest absolute Gasteiger partial charge is 0.211 e. The molecule has 2 N–H and O–H groups in total. The second kappa shape index (κ2) is 6.79. The van der Waals surface area contributed by atoms with Crippen LogP contribution in [0, 0.1) is 5.82 Å². The summed E-state index contributed by atoms with van der Waals surface area (Å²) in [5.74, 6) is -0.455. The Hall–Kier alpha value is -1.62. The van der Waals surface area contributed by atoms with Crippen LogP contribution in [0.25, 0.3) is 0 Å². The maximum Gasteiger partial charge on any atom is 0.211 e. The molecule has 0 bridgehead atoms. The van der Waals surface area contributed by atoms with Gasteiger partial charge in [0, 0.05) is 20.3 Å². The van der Waals surface area contributed by atoms with Crippen LogP contribution in [0.15, 0.2) is 18.2 Å². The third kappa shape index (κ3) is 3.51. The van der Waals surface area contributed by atoms with E-state index in [2.05, 4.69) is 10.6 Å². The first-order chi connectivity index (χ1) is 7.79. The third-order valence-corrected chi connectivity index (χ3v) is 2.06. The average molecular weight is 226 g/mol. The number of hydrogen-bond acceptors (Lipinski definition) is 3. The summed E-state index contributed by atoms with van der Waals surface area (Å²) in [6, 6.07) is 4.60. The molecule has 4 nitrogen and oxygen atoms in total. The van der Waals surface area contributed by atoms with Crippen molar-refractivity contribution in [3.05, 3.63) is 24.0 Å². The minimum Gasteiger partial charge on any atom is -0.385 e. The van der Waals surface area contributed by atoms with Crippen LogP contribution >= 0.6 is 0 Å². The highest BCUT2D eigenvalue weighted by atomic mass is 19.1. The zero-order chi connectivity index (χ0) is 11.8. The molecular weight excluding hydrogens is 211 g/mol. The minimum absolute atomic E-state index is 0.176. The summed E-state index contributed by atoms with van der Waals surface area (Å²) < 4.78 is 18.2. The van der Waals surface area contributed by atoms with E-state index in [-0.39, 0.29) is 5.69 Å². The molecule has 1 rings (SSSR count). The number of carbonyl (C=O) groups is 1. The second-order valence-corrected chi connectivity index (χ2v) is 3.20. The van der Waals surface area contributed by atoms with Crippen molar-refractivity contribution in [3.8, 4) is 0 Å². The van der Waals surface area contributed by atoms with Gasteiger partial charge in [-0.2, -0.15) is 0 Å². The van der Waals surface area contributed by atoms with Gasteiger partial charge in [0.25, 0.3) is 0 Å². The van der Waals surface area contributed by atoms with Crippen LogP contribution in [0.2, 0.25) is 0 Å². The van der Waals surface area contributed by atoms with Gasteiger partial charge in [-0.3, -0.25) is 4.79 Å². The van der Waals surface area contributed by atoms with E-state index in [1.807, 2.05) is 0 Å². The van der Waals surface area contributed by atoms with Crippen LogP contribution in [0.1, 0.15) is 6.42 Å². The highest BCUT2D eigenvalue weighted by Crippen LogP contribution is 2.24. The van der Waals surface area contributed by atoms with E-state index in [1.165, 1.54) is 6.07 Å². The molecule has 0 atom stereocenters. The molecule has 1 aromatic carbocycles. The number of halogens is 1. The van der Waals surface area contributed by atoms with Gasteiger partial charge in [0.05, 0.1) is 5.69 Å². The maximum atomic E-state index is 13.3. The SMILES string of the molecule is COCCCNc1cccc(F)c1NC=O. The number of hydrogen-bond donors (Lipinski definition) is 2. The molecule has 0 saturated heterocycles. The van der Waals surface area contributed by atoms with Crippen molar-refractivity contribution in [2.75, 3.05) is 30.9 Å². The van der Waals surface area contributed by atoms with Crippen LogP contribution in [0.5, 0.6) is 0 Å². The van der Waals surface area contributed by atoms with E-state index >= 15 is 0 Å². The topological polar surface area (TPSA) is 50.4 Å². The van der Waals surface area contributed by atoms with Crippen LogP contribution in [-0.4, -0.2) is 26.7 Å². The average Bonchev–Trinajstić information content (AvgIpc) is 2.29. The Balaban J connectivity index is 2.63. The molecule has 0 fully saturated rings. The molecule has 0 spiro atoms. The Morgan fingerprint density at radius 3 is 3.00 bits per heavy atom. The van der Waals surface area contributed by atoms with Gasteiger partial charge >= 0.3 is 0 Å². The van der Waals surface area contributed by atoms with Crippen molar-refractivity contribution in [1.29, 1.82) is 0 Å². The van der Waals surface area contributed by atoms with E-state index in [9.17, 15) is 9.18 Å². The third-order valence-electron chi connectivity index (χ3n) is 2.06. The minimum atomic E-state index is -0.455. The van der Waals surface area contributed by atoms with E-state index in [4.69, 9.17) is 4.74 Å². The lowest BCUT2D eigenvalue weighted by atomic mass is 10.2. The van der Waals surface area contributed by atoms with E-state index in [1.54, 1.807) is 19.2 Å². The summed E-state index contributed by atoms with van der Waals surface area (Å²) in [6.45, 7) is 1.30. The van der Waals surface area contributed by atoms with Gasteiger partial charge in [-0.05, 0) is 18.6 Å². The standard InChI is InChI=1S/C11H15FN2O2/c1-16-7-3-6-13-10-5-2-4-9(12)11(10)14-8-15/h2,4-5,8,13H,3,6-7H2,1H3,(H,14,15). The Morgan fingerprint density at radius 1 is 1.50 bits per heavy atom. The number of rotatable bonds is 7. The van der Waals surface area contributed by atoms with Crippen molar-refractivity contribution in [3.63, 3.8) is 0 Å².